The molecule has 0 aliphatic heterocycles. The molecule has 0 bridgehead atoms. The van der Waals surface area contributed by atoms with Crippen LogP contribution < -0.4 is 10.6 Å². The maximum Gasteiger partial charge on any atom is 0.321 e. The maximum absolute atomic E-state index is 12.0. The molecule has 23 heavy (non-hydrogen) atoms. The fourth-order valence-corrected chi connectivity index (χ4v) is 3.34. The van der Waals surface area contributed by atoms with Gasteiger partial charge in [0.05, 0.1) is 0 Å². The van der Waals surface area contributed by atoms with Crippen LogP contribution in [0.2, 0.25) is 0 Å². The van der Waals surface area contributed by atoms with Crippen LogP contribution in [0.1, 0.15) is 52.4 Å². The van der Waals surface area contributed by atoms with Crippen molar-refractivity contribution >= 4 is 41.1 Å². The average molecular weight is 365 g/mol. The molecule has 2 fully saturated rings. The Morgan fingerprint density at radius 1 is 1.17 bits per heavy atom. The third kappa shape index (κ3) is 4.29. The molecule has 2 N–H and O–H groups in total. The van der Waals surface area contributed by atoms with Crippen LogP contribution in [-0.2, 0) is 14.3 Å². The van der Waals surface area contributed by atoms with Gasteiger partial charge in [0.1, 0.15) is 9.75 Å². The van der Waals surface area contributed by atoms with E-state index in [1.54, 1.807) is 6.92 Å². The lowest BCUT2D eigenvalue weighted by Gasteiger charge is -2.23. The van der Waals surface area contributed by atoms with E-state index in [9.17, 15) is 14.4 Å². The number of halogens is 2. The number of carbonyl (C=O) groups is 3. The van der Waals surface area contributed by atoms with E-state index < -0.39 is 33.8 Å². The zero-order valence-corrected chi connectivity index (χ0v) is 14.8. The standard InChI is InChI=1S/C15H22Cl2N2O4/c1-9(23-12(21)14(2)8-15(14,16)17)11(20)19-13(22)18-10-6-4-3-5-7-10/h9-10H,3-8H2,1-2H3,(H2,18,19,20,22)/t9-,14-/m1/s1. The normalized spacial score (nSPS) is 27.7. The van der Waals surface area contributed by atoms with Crippen molar-refractivity contribution in [3.63, 3.8) is 0 Å². The second kappa shape index (κ2) is 6.85. The molecule has 6 nitrogen and oxygen atoms in total. The predicted molar refractivity (Wildman–Crippen MR) is 86.3 cm³/mol. The van der Waals surface area contributed by atoms with Crippen LogP contribution in [0.5, 0.6) is 0 Å². The van der Waals surface area contributed by atoms with Crippen LogP contribution in [0, 0.1) is 5.41 Å². The molecule has 2 atom stereocenters. The fourth-order valence-electron chi connectivity index (χ4n) is 2.65. The van der Waals surface area contributed by atoms with Crippen LogP contribution in [0.3, 0.4) is 0 Å². The molecule has 2 saturated carbocycles. The molecular formula is C15H22Cl2N2O4. The summed E-state index contributed by atoms with van der Waals surface area (Å²) in [7, 11) is 0. The van der Waals surface area contributed by atoms with Crippen LogP contribution in [0.4, 0.5) is 4.79 Å². The first-order valence-corrected chi connectivity index (χ1v) is 8.61. The highest BCUT2D eigenvalue weighted by molar-refractivity contribution is 6.53. The lowest BCUT2D eigenvalue weighted by Crippen LogP contribution is -2.48. The predicted octanol–water partition coefficient (Wildman–Crippen LogP) is 2.66. The summed E-state index contributed by atoms with van der Waals surface area (Å²) in [4.78, 5) is 35.7. The number of urea groups is 1. The van der Waals surface area contributed by atoms with Gasteiger partial charge in [0.15, 0.2) is 6.10 Å². The smallest absolute Gasteiger partial charge is 0.321 e. The van der Waals surface area contributed by atoms with Gasteiger partial charge in [-0.15, -0.1) is 23.2 Å². The third-order valence-electron chi connectivity index (χ3n) is 4.54. The van der Waals surface area contributed by atoms with E-state index in [0.29, 0.717) is 0 Å². The molecule has 2 aliphatic carbocycles. The lowest BCUT2D eigenvalue weighted by atomic mass is 9.96. The van der Waals surface area contributed by atoms with Crippen molar-refractivity contribution in [2.75, 3.05) is 0 Å². The summed E-state index contributed by atoms with van der Waals surface area (Å²) in [6, 6.07) is -0.473. The molecular weight excluding hydrogens is 343 g/mol. The molecule has 3 amide bonds. The molecule has 8 heteroatoms. The summed E-state index contributed by atoms with van der Waals surface area (Å²) >= 11 is 11.8. The first-order chi connectivity index (χ1) is 10.7. The van der Waals surface area contributed by atoms with Crippen molar-refractivity contribution in [3.05, 3.63) is 0 Å². The Morgan fingerprint density at radius 2 is 1.74 bits per heavy atom. The first kappa shape index (κ1) is 18.3. The largest absolute Gasteiger partial charge is 0.452 e. The van der Waals surface area contributed by atoms with Crippen molar-refractivity contribution in [1.29, 1.82) is 0 Å². The zero-order valence-electron chi connectivity index (χ0n) is 13.3. The average Bonchev–Trinajstić information content (AvgIpc) is 2.99. The van der Waals surface area contributed by atoms with Crippen molar-refractivity contribution in [2.45, 2.75) is 68.9 Å². The van der Waals surface area contributed by atoms with Gasteiger partial charge in [-0.1, -0.05) is 19.3 Å². The number of hydrogen-bond donors (Lipinski definition) is 2. The number of rotatable bonds is 4. The Balaban J connectivity index is 1.76. The molecule has 0 aromatic heterocycles. The SMILES string of the molecule is C[C@@H](OC(=O)[C@@]1(C)CC1(Cl)Cl)C(=O)NC(=O)NC1CCCCC1. The van der Waals surface area contributed by atoms with Crippen LogP contribution >= 0.6 is 23.2 Å². The van der Waals surface area contributed by atoms with Gasteiger partial charge in [0.2, 0.25) is 0 Å². The highest BCUT2D eigenvalue weighted by Crippen LogP contribution is 2.64. The van der Waals surface area contributed by atoms with Crippen molar-refractivity contribution in [3.8, 4) is 0 Å². The number of esters is 1. The van der Waals surface area contributed by atoms with E-state index in [0.717, 1.165) is 25.7 Å². The van der Waals surface area contributed by atoms with Gasteiger partial charge in [-0.3, -0.25) is 14.9 Å². The lowest BCUT2D eigenvalue weighted by molar-refractivity contribution is -0.159. The van der Waals surface area contributed by atoms with Crippen LogP contribution in [0.15, 0.2) is 0 Å². The monoisotopic (exact) mass is 364 g/mol. The molecule has 2 rings (SSSR count). The first-order valence-electron chi connectivity index (χ1n) is 7.86. The van der Waals surface area contributed by atoms with Gasteiger partial charge in [-0.05, 0) is 26.7 Å². The number of imide groups is 1. The molecule has 0 saturated heterocycles. The van der Waals surface area contributed by atoms with E-state index in [2.05, 4.69) is 10.6 Å². The highest BCUT2D eigenvalue weighted by atomic mass is 35.5. The second-order valence-electron chi connectivity index (χ2n) is 6.56. The summed E-state index contributed by atoms with van der Waals surface area (Å²) in [5.74, 6) is -1.32. The number of ether oxygens (including phenoxy) is 1. The Bertz CT molecular complexity index is 506. The molecule has 2 aliphatic rings. The Morgan fingerprint density at radius 3 is 2.26 bits per heavy atom. The number of nitrogens with one attached hydrogen (secondary N) is 2. The summed E-state index contributed by atoms with van der Waals surface area (Å²) in [5, 5.41) is 4.95. The summed E-state index contributed by atoms with van der Waals surface area (Å²) in [6.07, 6.45) is 4.33. The zero-order chi connectivity index (χ0) is 17.3. The molecule has 0 aromatic carbocycles. The minimum Gasteiger partial charge on any atom is -0.452 e. The topological polar surface area (TPSA) is 84.5 Å². The molecule has 0 spiro atoms. The molecule has 0 aromatic rings. The Kier molecular flexibility index (Phi) is 5.46. The maximum atomic E-state index is 12.0. The molecule has 0 radical (unpaired) electrons. The number of carbonyl (C=O) groups excluding carboxylic acids is 3. The highest BCUT2D eigenvalue weighted by Gasteiger charge is 2.69. The number of hydrogen-bond acceptors (Lipinski definition) is 4. The van der Waals surface area contributed by atoms with Crippen molar-refractivity contribution in [2.24, 2.45) is 5.41 Å². The number of alkyl halides is 2. The molecule has 0 heterocycles. The van der Waals surface area contributed by atoms with E-state index in [-0.39, 0.29) is 12.5 Å². The summed E-state index contributed by atoms with van der Waals surface area (Å²) in [6.45, 7) is 2.98. The minimum absolute atomic E-state index is 0.0906. The van der Waals surface area contributed by atoms with Gasteiger partial charge in [0, 0.05) is 12.5 Å². The van der Waals surface area contributed by atoms with Gasteiger partial charge >= 0.3 is 12.0 Å². The summed E-state index contributed by atoms with van der Waals surface area (Å²) in [5.41, 5.74) is -1.00. The van der Waals surface area contributed by atoms with E-state index in [4.69, 9.17) is 27.9 Å². The third-order valence-corrected chi connectivity index (χ3v) is 5.64. The number of amides is 3. The summed E-state index contributed by atoms with van der Waals surface area (Å²) < 4.78 is 3.91. The van der Waals surface area contributed by atoms with E-state index in [1.807, 2.05) is 0 Å². The second-order valence-corrected chi connectivity index (χ2v) is 8.04. The minimum atomic E-state index is -1.15. The van der Waals surface area contributed by atoms with Crippen LogP contribution in [-0.4, -0.2) is 34.4 Å². The van der Waals surface area contributed by atoms with E-state index in [1.165, 1.54) is 13.3 Å². The van der Waals surface area contributed by atoms with Crippen molar-refractivity contribution in [1.82, 2.24) is 10.6 Å². The van der Waals surface area contributed by atoms with Gasteiger partial charge < -0.3 is 10.1 Å². The fraction of sp³-hybridized carbons (Fsp3) is 0.800. The van der Waals surface area contributed by atoms with Crippen molar-refractivity contribution < 1.29 is 19.1 Å². The Labute approximate surface area is 145 Å². The van der Waals surface area contributed by atoms with E-state index >= 15 is 0 Å². The molecule has 130 valence electrons. The van der Waals surface area contributed by atoms with Gasteiger partial charge in [0.25, 0.3) is 5.91 Å². The molecule has 0 unspecified atom stereocenters. The van der Waals surface area contributed by atoms with Gasteiger partial charge in [-0.2, -0.15) is 0 Å². The van der Waals surface area contributed by atoms with Gasteiger partial charge in [-0.25, -0.2) is 4.79 Å². The quantitative estimate of drug-likeness (QED) is 0.593. The Hall–Kier alpha value is -1.01. The van der Waals surface area contributed by atoms with Crippen LogP contribution in [0.25, 0.3) is 0 Å².